The normalized spacial score (nSPS) is 10.1. The molecule has 0 aliphatic carbocycles. The van der Waals surface area contributed by atoms with Crippen molar-refractivity contribution in [3.05, 3.63) is 163 Å². The van der Waals surface area contributed by atoms with E-state index in [1.165, 1.54) is 5.56 Å². The summed E-state index contributed by atoms with van der Waals surface area (Å²) in [5.41, 5.74) is 9.49. The fraction of sp³-hybridized carbons (Fsp3) is 0.214. The van der Waals surface area contributed by atoms with Gasteiger partial charge in [0.25, 0.3) is 0 Å². The Morgan fingerprint density at radius 3 is 1.19 bits per heavy atom. The Balaban J connectivity index is 0.000000195. The van der Waals surface area contributed by atoms with Crippen LogP contribution in [-0.4, -0.2) is 28.2 Å². The first-order valence-corrected chi connectivity index (χ1v) is 16.1. The fourth-order valence-corrected chi connectivity index (χ4v) is 4.31. The molecule has 0 bridgehead atoms. The number of nitrogens with zero attached hydrogens (tertiary/aromatic N) is 3. The van der Waals surface area contributed by atoms with E-state index in [1.807, 2.05) is 91.0 Å². The van der Waals surface area contributed by atoms with E-state index in [0.717, 1.165) is 71.0 Å². The van der Waals surface area contributed by atoms with E-state index < -0.39 is 0 Å². The minimum absolute atomic E-state index is 0. The first-order chi connectivity index (χ1) is 23.2. The van der Waals surface area contributed by atoms with E-state index in [4.69, 9.17) is 9.47 Å². The molecule has 0 amide bonds. The molecule has 5 nitrogen and oxygen atoms in total. The molecule has 0 saturated carbocycles. The van der Waals surface area contributed by atoms with Gasteiger partial charge < -0.3 is 24.4 Å². The van der Waals surface area contributed by atoms with Crippen molar-refractivity contribution in [1.29, 1.82) is 0 Å². The number of rotatable bonds is 11. The molecule has 0 unspecified atom stereocenters. The SMILES string of the molecule is CCCOCc1c[c-]c(-c2ccccn2)cc1.CCCOCc1c[c-]c(-c2ccccn2)cc1.Cc1c[c-]c(-c2ccccn2)cc1.[Ir+3]. The quantitative estimate of drug-likeness (QED) is 0.0964. The molecule has 0 spiro atoms. The van der Waals surface area contributed by atoms with Crippen LogP contribution in [0.5, 0.6) is 0 Å². The molecule has 48 heavy (non-hydrogen) atoms. The first kappa shape index (κ1) is 38.1. The molecule has 0 aliphatic heterocycles. The summed E-state index contributed by atoms with van der Waals surface area (Å²) in [4.78, 5) is 12.8. The second-order valence-electron chi connectivity index (χ2n) is 10.8. The van der Waals surface area contributed by atoms with Crippen LogP contribution in [0.25, 0.3) is 33.8 Å². The van der Waals surface area contributed by atoms with E-state index in [1.54, 1.807) is 18.6 Å². The molecule has 6 rings (SSSR count). The van der Waals surface area contributed by atoms with Crippen LogP contribution in [0.2, 0.25) is 0 Å². The number of hydrogen-bond acceptors (Lipinski definition) is 5. The molecule has 246 valence electrons. The van der Waals surface area contributed by atoms with Crippen molar-refractivity contribution in [2.75, 3.05) is 13.2 Å². The summed E-state index contributed by atoms with van der Waals surface area (Å²) in [6.07, 6.45) is 7.48. The molecule has 3 aromatic heterocycles. The van der Waals surface area contributed by atoms with Crippen LogP contribution in [0.1, 0.15) is 43.4 Å². The number of ether oxygens (including phenoxy) is 2. The molecule has 6 heteroatoms. The van der Waals surface area contributed by atoms with Gasteiger partial charge in [-0.05, 0) is 48.1 Å². The Bertz CT molecular complexity index is 1580. The molecule has 0 fully saturated rings. The van der Waals surface area contributed by atoms with Crippen LogP contribution < -0.4 is 0 Å². The summed E-state index contributed by atoms with van der Waals surface area (Å²) in [6.45, 7) is 9.20. The molecule has 0 aliphatic rings. The zero-order valence-electron chi connectivity index (χ0n) is 27.9. The second kappa shape index (κ2) is 22.3. The van der Waals surface area contributed by atoms with Gasteiger partial charge in [-0.15, -0.1) is 106 Å². The third-order valence-corrected chi connectivity index (χ3v) is 6.78. The minimum Gasteiger partial charge on any atom is -0.386 e. The molecule has 3 heterocycles. The predicted molar refractivity (Wildman–Crippen MR) is 190 cm³/mol. The van der Waals surface area contributed by atoms with Crippen LogP contribution in [0, 0.1) is 25.1 Å². The summed E-state index contributed by atoms with van der Waals surface area (Å²) in [5, 5.41) is 0. The van der Waals surface area contributed by atoms with Crippen LogP contribution in [-0.2, 0) is 42.8 Å². The van der Waals surface area contributed by atoms with Gasteiger partial charge in [0.15, 0.2) is 0 Å². The largest absolute Gasteiger partial charge is 3.00 e. The molecule has 0 atom stereocenters. The standard InChI is InChI=1S/2C15H16NO.C12H10N.Ir/c2*1-2-11-17-12-13-6-8-14(9-7-13)15-5-3-4-10-16-15;1-10-5-7-11(8-6-10)12-4-2-3-9-13-12;/h2*3-8,10H,2,11-12H2,1H3;2-7,9H,1H3;/q3*-1;+3. The van der Waals surface area contributed by atoms with Crippen molar-refractivity contribution in [3.63, 3.8) is 0 Å². The van der Waals surface area contributed by atoms with Crippen LogP contribution >= 0.6 is 0 Å². The van der Waals surface area contributed by atoms with Gasteiger partial charge in [0.2, 0.25) is 0 Å². The summed E-state index contributed by atoms with van der Waals surface area (Å²) in [5.74, 6) is 0. The zero-order valence-corrected chi connectivity index (χ0v) is 30.3. The van der Waals surface area contributed by atoms with Gasteiger partial charge in [-0.3, -0.25) is 0 Å². The summed E-state index contributed by atoms with van der Waals surface area (Å²) < 4.78 is 11.0. The first-order valence-electron chi connectivity index (χ1n) is 16.1. The molecular weight excluding hydrogens is 771 g/mol. The predicted octanol–water partition coefficient (Wildman–Crippen LogP) is 9.81. The van der Waals surface area contributed by atoms with Gasteiger partial charge in [0, 0.05) is 45.0 Å². The Kier molecular flexibility index (Phi) is 17.7. The average molecular weight is 813 g/mol. The average Bonchev–Trinajstić information content (AvgIpc) is 3.14. The van der Waals surface area contributed by atoms with Crippen LogP contribution in [0.4, 0.5) is 0 Å². The summed E-state index contributed by atoms with van der Waals surface area (Å²) in [6, 6.07) is 45.5. The van der Waals surface area contributed by atoms with E-state index in [9.17, 15) is 0 Å². The van der Waals surface area contributed by atoms with E-state index in [-0.39, 0.29) is 20.1 Å². The Hall–Kier alpha value is -4.32. The van der Waals surface area contributed by atoms with Crippen molar-refractivity contribution >= 4 is 0 Å². The fourth-order valence-electron chi connectivity index (χ4n) is 4.31. The Morgan fingerprint density at radius 2 is 0.896 bits per heavy atom. The van der Waals surface area contributed by atoms with Crippen molar-refractivity contribution in [1.82, 2.24) is 15.0 Å². The molecule has 6 aromatic rings. The van der Waals surface area contributed by atoms with Crippen LogP contribution in [0.3, 0.4) is 0 Å². The minimum atomic E-state index is 0. The maximum atomic E-state index is 5.48. The zero-order chi connectivity index (χ0) is 32.9. The second-order valence-corrected chi connectivity index (χ2v) is 10.8. The van der Waals surface area contributed by atoms with Gasteiger partial charge in [-0.1, -0.05) is 57.2 Å². The number of hydrogen-bond donors (Lipinski definition) is 0. The third-order valence-electron chi connectivity index (χ3n) is 6.78. The topological polar surface area (TPSA) is 57.1 Å². The van der Waals surface area contributed by atoms with Gasteiger partial charge >= 0.3 is 20.1 Å². The van der Waals surface area contributed by atoms with E-state index in [0.29, 0.717) is 13.2 Å². The van der Waals surface area contributed by atoms with Crippen molar-refractivity contribution in [3.8, 4) is 33.8 Å². The van der Waals surface area contributed by atoms with Gasteiger partial charge in [-0.2, -0.15) is 0 Å². The maximum absolute atomic E-state index is 5.48. The maximum Gasteiger partial charge on any atom is 3.00 e. The summed E-state index contributed by atoms with van der Waals surface area (Å²) >= 11 is 0. The smallest absolute Gasteiger partial charge is 0.386 e. The van der Waals surface area contributed by atoms with Crippen molar-refractivity contribution < 1.29 is 29.6 Å². The van der Waals surface area contributed by atoms with Crippen molar-refractivity contribution in [2.24, 2.45) is 0 Å². The van der Waals surface area contributed by atoms with Gasteiger partial charge in [-0.25, -0.2) is 0 Å². The molecular formula is C42H42IrN3O2. The molecule has 0 N–H and O–H groups in total. The van der Waals surface area contributed by atoms with E-state index in [2.05, 4.69) is 72.1 Å². The van der Waals surface area contributed by atoms with Crippen molar-refractivity contribution in [2.45, 2.75) is 46.8 Å². The van der Waals surface area contributed by atoms with Crippen LogP contribution in [0.15, 0.2) is 128 Å². The number of aryl methyl sites for hydroxylation is 1. The number of benzene rings is 3. The number of pyridine rings is 3. The molecule has 0 saturated heterocycles. The molecule has 3 aromatic carbocycles. The number of aromatic nitrogens is 3. The Morgan fingerprint density at radius 1 is 0.500 bits per heavy atom. The Labute approximate surface area is 299 Å². The monoisotopic (exact) mass is 813 g/mol. The summed E-state index contributed by atoms with van der Waals surface area (Å²) in [7, 11) is 0. The van der Waals surface area contributed by atoms with Gasteiger partial charge in [0.1, 0.15) is 0 Å². The van der Waals surface area contributed by atoms with Gasteiger partial charge in [0.05, 0.1) is 0 Å². The van der Waals surface area contributed by atoms with E-state index >= 15 is 0 Å². The molecule has 0 radical (unpaired) electrons. The third kappa shape index (κ3) is 13.4.